The van der Waals surface area contributed by atoms with Gasteiger partial charge in [0.2, 0.25) is 0 Å². The van der Waals surface area contributed by atoms with Crippen LogP contribution < -0.4 is 0 Å². The summed E-state index contributed by atoms with van der Waals surface area (Å²) in [5.74, 6) is -2.35. The maximum Gasteiger partial charge on any atom is 0.338 e. The minimum absolute atomic E-state index is 0.0174. The van der Waals surface area contributed by atoms with E-state index in [-0.39, 0.29) is 12.2 Å². The largest absolute Gasteiger partial charge is 0.504 e. The smallest absolute Gasteiger partial charge is 0.338 e. The Balaban J connectivity index is 0.00000149. The third-order valence-electron chi connectivity index (χ3n) is 3.04. The van der Waals surface area contributed by atoms with Crippen molar-refractivity contribution in [1.82, 2.24) is 0 Å². The first-order valence-electron chi connectivity index (χ1n) is 8.00. The fourth-order valence-corrected chi connectivity index (χ4v) is 1.85. The van der Waals surface area contributed by atoms with Crippen LogP contribution in [0.2, 0.25) is 0 Å². The summed E-state index contributed by atoms with van der Waals surface area (Å²) in [4.78, 5) is 11.7. The van der Waals surface area contributed by atoms with E-state index in [4.69, 9.17) is 9.84 Å². The summed E-state index contributed by atoms with van der Waals surface area (Å²) in [5, 5.41) is 35.4. The number of hydrogen-bond donors (Lipinski definition) is 4. The summed E-state index contributed by atoms with van der Waals surface area (Å²) in [7, 11) is 0. The van der Waals surface area contributed by atoms with Crippen molar-refractivity contribution in [3.63, 3.8) is 0 Å². The molecular weight excluding hydrogens is 300 g/mol. The molecule has 0 atom stereocenters. The number of hydrogen-bond acceptors (Lipinski definition) is 6. The van der Waals surface area contributed by atoms with Crippen LogP contribution >= 0.6 is 0 Å². The van der Waals surface area contributed by atoms with Gasteiger partial charge < -0.3 is 25.2 Å². The molecule has 1 rings (SSSR count). The molecule has 6 nitrogen and oxygen atoms in total. The van der Waals surface area contributed by atoms with E-state index < -0.39 is 23.2 Å². The fraction of sp³-hybridized carbons (Fsp3) is 0.588. The second kappa shape index (κ2) is 12.6. The first-order valence-corrected chi connectivity index (χ1v) is 8.00. The topological polar surface area (TPSA) is 107 Å². The van der Waals surface area contributed by atoms with Crippen molar-refractivity contribution in [2.45, 2.75) is 52.4 Å². The maximum atomic E-state index is 11.7. The minimum atomic E-state index is -0.641. The molecule has 1 aromatic rings. The summed E-state index contributed by atoms with van der Waals surface area (Å²) < 4.78 is 5.04. The van der Waals surface area contributed by atoms with E-state index >= 15 is 0 Å². The number of esters is 1. The van der Waals surface area contributed by atoms with E-state index in [0.29, 0.717) is 6.61 Å². The monoisotopic (exact) mass is 328 g/mol. The van der Waals surface area contributed by atoms with Crippen LogP contribution in [-0.2, 0) is 4.74 Å². The van der Waals surface area contributed by atoms with Gasteiger partial charge in [0.25, 0.3) is 0 Å². The average Bonchev–Trinajstić information content (AvgIpc) is 2.51. The lowest BCUT2D eigenvalue weighted by Gasteiger charge is -2.07. The van der Waals surface area contributed by atoms with Gasteiger partial charge in [-0.15, -0.1) is 0 Å². The van der Waals surface area contributed by atoms with Crippen molar-refractivity contribution >= 4 is 5.97 Å². The molecule has 0 saturated heterocycles. The number of aromatic hydroxyl groups is 3. The van der Waals surface area contributed by atoms with Gasteiger partial charge in [0.1, 0.15) is 0 Å². The predicted molar refractivity (Wildman–Crippen MR) is 87.9 cm³/mol. The van der Waals surface area contributed by atoms with E-state index in [0.717, 1.165) is 31.4 Å². The third-order valence-corrected chi connectivity index (χ3v) is 3.04. The van der Waals surface area contributed by atoms with E-state index in [1.165, 1.54) is 19.3 Å². The fourth-order valence-electron chi connectivity index (χ4n) is 1.85. The number of phenolic OH excluding ortho intramolecular Hbond substituents is 3. The molecular formula is C17H28O6. The number of ether oxygens (including phenoxy) is 1. The molecule has 0 aromatic heterocycles. The predicted octanol–water partition coefficient (Wildman–Crippen LogP) is 3.32. The second-order valence-corrected chi connectivity index (χ2v) is 5.08. The highest BCUT2D eigenvalue weighted by Gasteiger charge is 2.14. The van der Waals surface area contributed by atoms with Crippen molar-refractivity contribution < 1.29 is 30.0 Å². The molecule has 0 aliphatic heterocycles. The highest BCUT2D eigenvalue weighted by atomic mass is 16.5. The first-order chi connectivity index (χ1) is 11.0. The molecule has 0 radical (unpaired) electrons. The summed E-state index contributed by atoms with van der Waals surface area (Å²) in [6, 6.07) is 2.14. The number of aliphatic hydroxyl groups excluding tert-OH is 1. The molecule has 0 aliphatic carbocycles. The Bertz CT molecular complexity index is 435. The lowest BCUT2D eigenvalue weighted by atomic mass is 10.1. The molecule has 4 N–H and O–H groups in total. The number of aliphatic hydroxyl groups is 1. The van der Waals surface area contributed by atoms with Gasteiger partial charge in [0.05, 0.1) is 12.2 Å². The number of phenols is 3. The SMILES string of the molecule is CCCCCCCCOC(=O)c1cc(O)c(O)c(O)c1.CCO. The highest BCUT2D eigenvalue weighted by Crippen LogP contribution is 2.35. The molecule has 0 unspecified atom stereocenters. The van der Waals surface area contributed by atoms with Gasteiger partial charge in [-0.25, -0.2) is 4.79 Å². The lowest BCUT2D eigenvalue weighted by Crippen LogP contribution is -2.06. The molecule has 0 amide bonds. The Morgan fingerprint density at radius 2 is 1.43 bits per heavy atom. The molecule has 23 heavy (non-hydrogen) atoms. The Morgan fingerprint density at radius 1 is 0.957 bits per heavy atom. The van der Waals surface area contributed by atoms with E-state index in [1.807, 2.05) is 0 Å². The summed E-state index contributed by atoms with van der Waals surface area (Å²) in [6.07, 6.45) is 6.57. The van der Waals surface area contributed by atoms with E-state index in [2.05, 4.69) is 6.92 Å². The first kappa shape index (κ1) is 21.0. The molecule has 0 saturated carbocycles. The number of rotatable bonds is 8. The van der Waals surface area contributed by atoms with Crippen LogP contribution in [0.3, 0.4) is 0 Å². The Hall–Kier alpha value is -1.95. The minimum Gasteiger partial charge on any atom is -0.504 e. The van der Waals surface area contributed by atoms with Crippen molar-refractivity contribution in [3.8, 4) is 17.2 Å². The zero-order chi connectivity index (χ0) is 17.7. The molecule has 0 spiro atoms. The van der Waals surface area contributed by atoms with Crippen molar-refractivity contribution in [1.29, 1.82) is 0 Å². The number of carbonyl (C=O) groups is 1. The van der Waals surface area contributed by atoms with Crippen LogP contribution in [0.25, 0.3) is 0 Å². The lowest BCUT2D eigenvalue weighted by molar-refractivity contribution is 0.0496. The van der Waals surface area contributed by atoms with Crippen LogP contribution in [0.1, 0.15) is 62.7 Å². The van der Waals surface area contributed by atoms with Gasteiger partial charge in [-0.3, -0.25) is 0 Å². The Labute approximate surface area is 137 Å². The van der Waals surface area contributed by atoms with Gasteiger partial charge in [0, 0.05) is 6.61 Å². The molecule has 1 aromatic carbocycles. The van der Waals surface area contributed by atoms with Crippen molar-refractivity contribution in [3.05, 3.63) is 17.7 Å². The molecule has 0 aliphatic rings. The van der Waals surface area contributed by atoms with Crippen LogP contribution in [-0.4, -0.2) is 39.6 Å². The maximum absolute atomic E-state index is 11.7. The normalized spacial score (nSPS) is 9.87. The number of unbranched alkanes of at least 4 members (excludes halogenated alkanes) is 5. The van der Waals surface area contributed by atoms with E-state index in [1.54, 1.807) is 6.92 Å². The highest BCUT2D eigenvalue weighted by molar-refractivity contribution is 5.91. The molecule has 0 bridgehead atoms. The van der Waals surface area contributed by atoms with E-state index in [9.17, 15) is 20.1 Å². The number of benzene rings is 1. The second-order valence-electron chi connectivity index (χ2n) is 5.08. The average molecular weight is 328 g/mol. The molecule has 0 fully saturated rings. The molecule has 132 valence electrons. The van der Waals surface area contributed by atoms with Crippen LogP contribution in [0, 0.1) is 0 Å². The van der Waals surface area contributed by atoms with Crippen LogP contribution in [0.4, 0.5) is 0 Å². The quantitative estimate of drug-likeness (QED) is 0.331. The van der Waals surface area contributed by atoms with Gasteiger partial charge in [0.15, 0.2) is 17.2 Å². The zero-order valence-electron chi connectivity index (χ0n) is 13.9. The van der Waals surface area contributed by atoms with Gasteiger partial charge in [-0.05, 0) is 25.5 Å². The summed E-state index contributed by atoms with van der Waals surface area (Å²) in [6.45, 7) is 4.40. The Kier molecular flexibility index (Phi) is 11.5. The van der Waals surface area contributed by atoms with Gasteiger partial charge >= 0.3 is 5.97 Å². The summed E-state index contributed by atoms with van der Waals surface area (Å²) >= 11 is 0. The standard InChI is InChI=1S/C15H22O5.C2H6O/c1-2-3-4-5-6-7-8-20-15(19)11-9-12(16)14(18)13(17)10-11;1-2-3/h9-10,16-18H,2-8H2,1H3;3H,2H2,1H3. The third kappa shape index (κ3) is 8.93. The zero-order valence-corrected chi connectivity index (χ0v) is 13.9. The van der Waals surface area contributed by atoms with Crippen LogP contribution in [0.5, 0.6) is 17.2 Å². The van der Waals surface area contributed by atoms with Gasteiger partial charge in [-0.1, -0.05) is 39.0 Å². The van der Waals surface area contributed by atoms with Crippen molar-refractivity contribution in [2.24, 2.45) is 0 Å². The number of carbonyl (C=O) groups excluding carboxylic acids is 1. The molecule has 6 heteroatoms. The Morgan fingerprint density at radius 3 is 1.96 bits per heavy atom. The van der Waals surface area contributed by atoms with Crippen molar-refractivity contribution in [2.75, 3.05) is 13.2 Å². The van der Waals surface area contributed by atoms with Gasteiger partial charge in [-0.2, -0.15) is 0 Å². The molecule has 0 heterocycles. The summed E-state index contributed by atoms with van der Waals surface area (Å²) in [5.41, 5.74) is 0.0174. The van der Waals surface area contributed by atoms with Crippen LogP contribution in [0.15, 0.2) is 12.1 Å².